The number of aliphatic hydroxyl groups excluding tert-OH is 1. The number of methoxy groups -OCH3 is 1. The molecule has 5 unspecified atom stereocenters. The molecule has 0 spiro atoms. The normalized spacial score (nSPS) is 30.9. The van der Waals surface area contributed by atoms with Gasteiger partial charge >= 0.3 is 5.97 Å². The number of aromatic hydroxyl groups is 2. The van der Waals surface area contributed by atoms with Crippen molar-refractivity contribution in [1.82, 2.24) is 4.90 Å². The molecule has 11 heteroatoms. The molecule has 2 aromatic carbocycles. The maximum Gasteiger partial charge on any atom is 0.316 e. The van der Waals surface area contributed by atoms with Gasteiger partial charge in [-0.25, -0.2) is 0 Å². The lowest BCUT2D eigenvalue weighted by Crippen LogP contribution is -2.54. The Bertz CT molecular complexity index is 1420. The van der Waals surface area contributed by atoms with Gasteiger partial charge in [-0.1, -0.05) is 19.1 Å². The zero-order valence-corrected chi connectivity index (χ0v) is 23.6. The van der Waals surface area contributed by atoms with Crippen LogP contribution in [0.1, 0.15) is 88.1 Å². The van der Waals surface area contributed by atoms with E-state index in [0.717, 1.165) is 0 Å². The molecule has 41 heavy (non-hydrogen) atoms. The number of fused-ring (bicyclic) bond motifs is 3. The van der Waals surface area contributed by atoms with Crippen LogP contribution in [0.3, 0.4) is 0 Å². The monoisotopic (exact) mass is 569 g/mol. The fourth-order valence-electron chi connectivity index (χ4n) is 6.50. The maximum absolute atomic E-state index is 13.6. The molecule has 5 rings (SSSR count). The average Bonchev–Trinajstić information content (AvgIpc) is 2.92. The van der Waals surface area contributed by atoms with Gasteiger partial charge in [-0.3, -0.25) is 14.4 Å². The Morgan fingerprint density at radius 1 is 1.15 bits per heavy atom. The Labute approximate surface area is 237 Å². The van der Waals surface area contributed by atoms with Crippen LogP contribution in [-0.4, -0.2) is 94.2 Å². The van der Waals surface area contributed by atoms with Gasteiger partial charge in [0.05, 0.1) is 42.1 Å². The van der Waals surface area contributed by atoms with Gasteiger partial charge in [-0.15, -0.1) is 0 Å². The minimum absolute atomic E-state index is 0.0382. The van der Waals surface area contributed by atoms with E-state index in [4.69, 9.17) is 14.2 Å². The summed E-state index contributed by atoms with van der Waals surface area (Å²) in [5.74, 6) is -4.42. The van der Waals surface area contributed by atoms with Crippen LogP contribution in [-0.2, 0) is 19.0 Å². The van der Waals surface area contributed by atoms with Crippen molar-refractivity contribution >= 4 is 17.5 Å². The molecule has 7 atom stereocenters. The molecule has 0 radical (unpaired) electrons. The topological polar surface area (TPSA) is 163 Å². The minimum atomic E-state index is -1.69. The van der Waals surface area contributed by atoms with Crippen molar-refractivity contribution in [3.05, 3.63) is 57.6 Å². The Morgan fingerprint density at radius 2 is 1.85 bits per heavy atom. The predicted molar refractivity (Wildman–Crippen MR) is 144 cm³/mol. The number of benzene rings is 2. The standard InChI is InChI=1S/C30H35NO10/c1-6-30(38)12-19(41-20-11-17(31(3)4)25(33)13(2)40-20)22-15(24(30)29(37)39-5)10-16-23(28(22)36)27(35)21-14(26(16)34)8-7-9-18(21)32/h7-10,13,17,19-20,24-25,32-33,36,38H,6,11-12H2,1-5H3/t13?,17?,19?,20?,24-,25?,30+/m0/s1. The first-order valence-corrected chi connectivity index (χ1v) is 13.6. The number of carbonyl (C=O) groups excluding carboxylic acids is 3. The summed E-state index contributed by atoms with van der Waals surface area (Å²) in [6.07, 6.45) is -3.09. The van der Waals surface area contributed by atoms with Gasteiger partial charge in [0.25, 0.3) is 0 Å². The second-order valence-corrected chi connectivity index (χ2v) is 11.3. The van der Waals surface area contributed by atoms with E-state index in [2.05, 4.69) is 0 Å². The lowest BCUT2D eigenvalue weighted by Gasteiger charge is -2.46. The van der Waals surface area contributed by atoms with Crippen molar-refractivity contribution in [3.8, 4) is 11.5 Å². The van der Waals surface area contributed by atoms with Crippen molar-refractivity contribution in [3.63, 3.8) is 0 Å². The van der Waals surface area contributed by atoms with E-state index in [-0.39, 0.29) is 58.7 Å². The van der Waals surface area contributed by atoms with Crippen LogP contribution >= 0.6 is 0 Å². The number of ketones is 2. The number of phenols is 2. The summed E-state index contributed by atoms with van der Waals surface area (Å²) >= 11 is 0. The summed E-state index contributed by atoms with van der Waals surface area (Å²) in [5.41, 5.74) is -2.27. The maximum atomic E-state index is 13.6. The van der Waals surface area contributed by atoms with Crippen molar-refractivity contribution in [1.29, 1.82) is 0 Å². The van der Waals surface area contributed by atoms with E-state index < -0.39 is 65.2 Å². The van der Waals surface area contributed by atoms with Crippen LogP contribution in [0.25, 0.3) is 0 Å². The Kier molecular flexibility index (Phi) is 7.46. The molecule has 4 N–H and O–H groups in total. The first-order valence-electron chi connectivity index (χ1n) is 13.6. The van der Waals surface area contributed by atoms with Crippen LogP contribution in [0.2, 0.25) is 0 Å². The first-order chi connectivity index (χ1) is 19.3. The van der Waals surface area contributed by atoms with Crippen molar-refractivity contribution < 1.29 is 49.0 Å². The van der Waals surface area contributed by atoms with E-state index >= 15 is 0 Å². The number of ether oxygens (including phenoxy) is 3. The Balaban J connectivity index is 1.69. The molecular formula is C30H35NO10. The molecule has 11 nitrogen and oxygen atoms in total. The quantitative estimate of drug-likeness (QED) is 0.333. The second-order valence-electron chi connectivity index (χ2n) is 11.3. The van der Waals surface area contributed by atoms with Gasteiger partial charge in [0.2, 0.25) is 5.78 Å². The molecule has 2 aromatic rings. The molecule has 0 bridgehead atoms. The Hall–Kier alpha value is -3.35. The van der Waals surface area contributed by atoms with E-state index in [0.29, 0.717) is 0 Å². The van der Waals surface area contributed by atoms with Crippen LogP contribution in [0.4, 0.5) is 0 Å². The average molecular weight is 570 g/mol. The molecule has 1 heterocycles. The van der Waals surface area contributed by atoms with Gasteiger partial charge in [0.15, 0.2) is 12.1 Å². The van der Waals surface area contributed by atoms with Crippen molar-refractivity contribution in [2.24, 2.45) is 0 Å². The largest absolute Gasteiger partial charge is 0.507 e. The number of rotatable bonds is 5. The number of nitrogens with zero attached hydrogens (tertiary/aromatic N) is 1. The number of likely N-dealkylation sites (N-methyl/N-ethyl adjacent to an activating group) is 1. The minimum Gasteiger partial charge on any atom is -0.507 e. The predicted octanol–water partition coefficient (Wildman–Crippen LogP) is 2.16. The van der Waals surface area contributed by atoms with Gasteiger partial charge in [-0.05, 0) is 45.1 Å². The highest BCUT2D eigenvalue weighted by molar-refractivity contribution is 6.30. The zero-order valence-electron chi connectivity index (χ0n) is 23.6. The molecule has 1 aliphatic heterocycles. The SMILES string of the molecule is CC[C@@]1(O)CC(OC2CC(N(C)C)C(O)C(C)O2)c2c(cc3c(c2O)C(=O)c2c(O)cccc2C3=O)[C@H]1C(=O)OC. The third-order valence-corrected chi connectivity index (χ3v) is 8.77. The molecule has 1 saturated heterocycles. The molecule has 2 aliphatic carbocycles. The molecule has 0 amide bonds. The van der Waals surface area contributed by atoms with Gasteiger partial charge in [0.1, 0.15) is 17.4 Å². The highest BCUT2D eigenvalue weighted by atomic mass is 16.7. The zero-order chi connectivity index (χ0) is 30.0. The first kappa shape index (κ1) is 29.2. The number of esters is 1. The highest BCUT2D eigenvalue weighted by Crippen LogP contribution is 2.54. The van der Waals surface area contributed by atoms with Crippen LogP contribution in [0.5, 0.6) is 11.5 Å². The second kappa shape index (κ2) is 10.5. The lowest BCUT2D eigenvalue weighted by atomic mass is 9.67. The van der Waals surface area contributed by atoms with Crippen LogP contribution in [0.15, 0.2) is 24.3 Å². The van der Waals surface area contributed by atoms with Crippen LogP contribution < -0.4 is 0 Å². The summed E-state index contributed by atoms with van der Waals surface area (Å²) in [6.45, 7) is 3.41. The Morgan fingerprint density at radius 3 is 2.49 bits per heavy atom. The fraction of sp³-hybridized carbons (Fsp3) is 0.500. The van der Waals surface area contributed by atoms with Crippen molar-refractivity contribution in [2.45, 2.75) is 75.3 Å². The van der Waals surface area contributed by atoms with Gasteiger partial charge in [0, 0.05) is 35.6 Å². The summed E-state index contributed by atoms with van der Waals surface area (Å²) < 4.78 is 17.3. The summed E-state index contributed by atoms with van der Waals surface area (Å²) in [4.78, 5) is 42.1. The van der Waals surface area contributed by atoms with Crippen molar-refractivity contribution in [2.75, 3.05) is 21.2 Å². The molecule has 0 aromatic heterocycles. The van der Waals surface area contributed by atoms with E-state index in [1.807, 2.05) is 19.0 Å². The summed E-state index contributed by atoms with van der Waals surface area (Å²) in [7, 11) is 4.82. The smallest absolute Gasteiger partial charge is 0.316 e. The molecule has 0 saturated carbocycles. The van der Waals surface area contributed by atoms with E-state index in [1.165, 1.54) is 31.4 Å². The number of hydrogen-bond acceptors (Lipinski definition) is 11. The number of aliphatic hydroxyl groups is 2. The van der Waals surface area contributed by atoms with E-state index in [1.54, 1.807) is 13.8 Å². The molecule has 220 valence electrons. The summed E-state index contributed by atoms with van der Waals surface area (Å²) in [5, 5.41) is 44.5. The molecular weight excluding hydrogens is 534 g/mol. The number of carbonyl (C=O) groups is 3. The van der Waals surface area contributed by atoms with Crippen LogP contribution in [0, 0.1) is 0 Å². The molecule has 1 fully saturated rings. The number of phenolic OH excluding ortho intramolecular Hbond substituents is 2. The highest BCUT2D eigenvalue weighted by Gasteiger charge is 2.53. The molecule has 3 aliphatic rings. The lowest BCUT2D eigenvalue weighted by molar-refractivity contribution is -0.258. The van der Waals surface area contributed by atoms with Gasteiger partial charge in [-0.2, -0.15) is 0 Å². The van der Waals surface area contributed by atoms with Gasteiger partial charge < -0.3 is 39.5 Å². The fourth-order valence-corrected chi connectivity index (χ4v) is 6.50. The third kappa shape index (κ3) is 4.52. The van der Waals surface area contributed by atoms with E-state index in [9.17, 15) is 34.8 Å². The number of hydrogen-bond donors (Lipinski definition) is 4. The summed E-state index contributed by atoms with van der Waals surface area (Å²) in [6, 6.07) is 5.14. The third-order valence-electron chi connectivity index (χ3n) is 8.77.